The summed E-state index contributed by atoms with van der Waals surface area (Å²) in [7, 11) is 1.85. The van der Waals surface area contributed by atoms with Gasteiger partial charge in [0.05, 0.1) is 39.9 Å². The fourth-order valence-corrected chi connectivity index (χ4v) is 6.01. The first-order chi connectivity index (χ1) is 15.2. The second-order valence-electron chi connectivity index (χ2n) is 7.53. The molecule has 1 saturated heterocycles. The Balaban J connectivity index is 1.43. The standard InChI is InChI=1S/C24H23N3O2S2/c1-26(16-22-25-19-9-5-6-10-20(19)30-22)23(28)21-15-18(17-7-3-2-4-8-17)24(31-21)27-11-13-29-14-12-27/h2-10,15H,11-14,16H2,1H3. The molecule has 31 heavy (non-hydrogen) atoms. The van der Waals surface area contributed by atoms with Crippen LogP contribution in [0.5, 0.6) is 0 Å². The van der Waals surface area contributed by atoms with Crippen molar-refractivity contribution in [1.29, 1.82) is 0 Å². The van der Waals surface area contributed by atoms with Crippen LogP contribution in [0, 0.1) is 0 Å². The fraction of sp³-hybridized carbons (Fsp3) is 0.250. The molecule has 0 radical (unpaired) electrons. The van der Waals surface area contributed by atoms with Crippen molar-refractivity contribution in [3.63, 3.8) is 0 Å². The third kappa shape index (κ3) is 4.21. The van der Waals surface area contributed by atoms with Gasteiger partial charge in [0.2, 0.25) is 0 Å². The number of aromatic nitrogens is 1. The largest absolute Gasteiger partial charge is 0.378 e. The summed E-state index contributed by atoms with van der Waals surface area (Å²) in [5.41, 5.74) is 3.23. The molecule has 0 N–H and O–H groups in total. The van der Waals surface area contributed by atoms with Crippen LogP contribution in [0.25, 0.3) is 21.3 Å². The van der Waals surface area contributed by atoms with Crippen molar-refractivity contribution in [2.45, 2.75) is 6.54 Å². The maximum Gasteiger partial charge on any atom is 0.264 e. The van der Waals surface area contributed by atoms with E-state index in [1.165, 1.54) is 0 Å². The molecule has 1 aliphatic heterocycles. The summed E-state index contributed by atoms with van der Waals surface area (Å²) in [5, 5.41) is 2.09. The molecule has 3 heterocycles. The first-order valence-electron chi connectivity index (χ1n) is 10.3. The number of carbonyl (C=O) groups excluding carboxylic acids is 1. The zero-order chi connectivity index (χ0) is 21.2. The van der Waals surface area contributed by atoms with E-state index in [-0.39, 0.29) is 5.91 Å². The number of thiophene rings is 1. The minimum Gasteiger partial charge on any atom is -0.378 e. The van der Waals surface area contributed by atoms with E-state index in [4.69, 9.17) is 4.74 Å². The lowest BCUT2D eigenvalue weighted by molar-refractivity contribution is 0.0790. The molecule has 5 nitrogen and oxygen atoms in total. The predicted molar refractivity (Wildman–Crippen MR) is 128 cm³/mol. The first-order valence-corrected chi connectivity index (χ1v) is 11.9. The zero-order valence-electron chi connectivity index (χ0n) is 17.3. The van der Waals surface area contributed by atoms with Crippen LogP contribution in [0.1, 0.15) is 14.7 Å². The number of thiazole rings is 1. The van der Waals surface area contributed by atoms with Crippen molar-refractivity contribution in [3.05, 3.63) is 70.5 Å². The van der Waals surface area contributed by atoms with E-state index in [0.717, 1.165) is 49.3 Å². The lowest BCUT2D eigenvalue weighted by Gasteiger charge is -2.28. The van der Waals surface area contributed by atoms with E-state index >= 15 is 0 Å². The molecule has 0 atom stereocenters. The maximum atomic E-state index is 13.3. The summed E-state index contributed by atoms with van der Waals surface area (Å²) in [6, 6.07) is 20.4. The van der Waals surface area contributed by atoms with Gasteiger partial charge in [-0.15, -0.1) is 22.7 Å². The third-order valence-electron chi connectivity index (χ3n) is 5.36. The van der Waals surface area contributed by atoms with Gasteiger partial charge in [-0.3, -0.25) is 4.79 Å². The predicted octanol–water partition coefficient (Wildman–Crippen LogP) is 5.13. The van der Waals surface area contributed by atoms with Crippen molar-refractivity contribution >= 4 is 43.8 Å². The highest BCUT2D eigenvalue weighted by atomic mass is 32.1. The molecule has 1 fully saturated rings. The number of benzene rings is 2. The SMILES string of the molecule is CN(Cc1nc2ccccc2s1)C(=O)c1cc(-c2ccccc2)c(N2CCOCC2)s1. The average Bonchev–Trinajstić information content (AvgIpc) is 3.44. The molecule has 158 valence electrons. The molecule has 4 aromatic rings. The minimum atomic E-state index is 0.0287. The maximum absolute atomic E-state index is 13.3. The van der Waals surface area contributed by atoms with E-state index in [1.807, 2.05) is 49.5 Å². The van der Waals surface area contributed by atoms with Crippen LogP contribution >= 0.6 is 22.7 Å². The molecule has 5 rings (SSSR count). The van der Waals surface area contributed by atoms with Gasteiger partial charge < -0.3 is 14.5 Å². The van der Waals surface area contributed by atoms with Gasteiger partial charge in [0.1, 0.15) is 5.01 Å². The van der Waals surface area contributed by atoms with E-state index in [0.29, 0.717) is 19.8 Å². The monoisotopic (exact) mass is 449 g/mol. The Morgan fingerprint density at radius 3 is 2.58 bits per heavy atom. The molecule has 0 spiro atoms. The van der Waals surface area contributed by atoms with E-state index < -0.39 is 0 Å². The summed E-state index contributed by atoms with van der Waals surface area (Å²) >= 11 is 3.22. The summed E-state index contributed by atoms with van der Waals surface area (Å²) < 4.78 is 6.68. The van der Waals surface area contributed by atoms with Gasteiger partial charge in [0.25, 0.3) is 5.91 Å². The van der Waals surface area contributed by atoms with Gasteiger partial charge in [-0.05, 0) is 23.8 Å². The topological polar surface area (TPSA) is 45.7 Å². The number of carbonyl (C=O) groups is 1. The van der Waals surface area contributed by atoms with Gasteiger partial charge >= 0.3 is 0 Å². The molecule has 0 unspecified atom stereocenters. The highest BCUT2D eigenvalue weighted by Gasteiger charge is 2.24. The van der Waals surface area contributed by atoms with Crippen molar-refractivity contribution < 1.29 is 9.53 Å². The molecule has 0 aliphatic carbocycles. The van der Waals surface area contributed by atoms with Crippen LogP contribution in [-0.4, -0.2) is 49.1 Å². The number of hydrogen-bond donors (Lipinski definition) is 0. The molecule has 7 heteroatoms. The highest BCUT2D eigenvalue weighted by Crippen LogP contribution is 2.40. The molecule has 2 aromatic heterocycles. The molecule has 1 amide bonds. The van der Waals surface area contributed by atoms with E-state index in [9.17, 15) is 4.79 Å². The lowest BCUT2D eigenvalue weighted by atomic mass is 10.1. The van der Waals surface area contributed by atoms with Crippen LogP contribution in [0.2, 0.25) is 0 Å². The average molecular weight is 450 g/mol. The number of para-hydroxylation sites is 1. The molecule has 0 saturated carbocycles. The summed E-state index contributed by atoms with van der Waals surface area (Å²) in [6.45, 7) is 3.62. The second-order valence-corrected chi connectivity index (χ2v) is 9.68. The number of morpholine rings is 1. The summed E-state index contributed by atoms with van der Waals surface area (Å²) in [4.78, 5) is 22.8. The first kappa shape index (κ1) is 20.2. The number of anilines is 1. The highest BCUT2D eigenvalue weighted by molar-refractivity contribution is 7.19. The Labute approximate surface area is 189 Å². The Morgan fingerprint density at radius 1 is 1.06 bits per heavy atom. The normalized spacial score (nSPS) is 14.2. The minimum absolute atomic E-state index is 0.0287. The summed E-state index contributed by atoms with van der Waals surface area (Å²) in [5.74, 6) is 0.0287. The molecular formula is C24H23N3O2S2. The van der Waals surface area contributed by atoms with Crippen molar-refractivity contribution in [2.75, 3.05) is 38.3 Å². The third-order valence-corrected chi connectivity index (χ3v) is 7.57. The molecular weight excluding hydrogens is 426 g/mol. The van der Waals surface area contributed by atoms with E-state index in [1.54, 1.807) is 27.6 Å². The lowest BCUT2D eigenvalue weighted by Crippen LogP contribution is -2.35. The van der Waals surface area contributed by atoms with Crippen LogP contribution in [0.4, 0.5) is 5.00 Å². The smallest absolute Gasteiger partial charge is 0.264 e. The summed E-state index contributed by atoms with van der Waals surface area (Å²) in [6.07, 6.45) is 0. The van der Waals surface area contributed by atoms with E-state index in [2.05, 4.69) is 28.1 Å². The Hall–Kier alpha value is -2.74. The van der Waals surface area contributed by atoms with Crippen molar-refractivity contribution in [1.82, 2.24) is 9.88 Å². The molecule has 0 bridgehead atoms. The van der Waals surface area contributed by atoms with Gasteiger partial charge in [-0.2, -0.15) is 0 Å². The quantitative estimate of drug-likeness (QED) is 0.424. The number of fused-ring (bicyclic) bond motifs is 1. The number of rotatable bonds is 5. The number of nitrogens with zero attached hydrogens (tertiary/aromatic N) is 3. The van der Waals surface area contributed by atoms with Crippen LogP contribution in [-0.2, 0) is 11.3 Å². The number of hydrogen-bond acceptors (Lipinski definition) is 6. The van der Waals surface area contributed by atoms with Gasteiger partial charge in [0.15, 0.2) is 0 Å². The van der Waals surface area contributed by atoms with Crippen molar-refractivity contribution in [3.8, 4) is 11.1 Å². The number of amides is 1. The van der Waals surface area contributed by atoms with Crippen LogP contribution in [0.15, 0.2) is 60.7 Å². The van der Waals surface area contributed by atoms with Gasteiger partial charge in [0, 0.05) is 25.7 Å². The fourth-order valence-electron chi connectivity index (χ4n) is 3.76. The molecule has 2 aromatic carbocycles. The van der Waals surface area contributed by atoms with Crippen LogP contribution in [0.3, 0.4) is 0 Å². The Morgan fingerprint density at radius 2 is 1.81 bits per heavy atom. The zero-order valence-corrected chi connectivity index (χ0v) is 18.9. The van der Waals surface area contributed by atoms with Crippen LogP contribution < -0.4 is 4.90 Å². The Kier molecular flexibility index (Phi) is 5.72. The van der Waals surface area contributed by atoms with Crippen molar-refractivity contribution in [2.24, 2.45) is 0 Å². The second kappa shape index (κ2) is 8.78. The number of ether oxygens (including phenoxy) is 1. The van der Waals surface area contributed by atoms with Gasteiger partial charge in [-0.1, -0.05) is 42.5 Å². The van der Waals surface area contributed by atoms with Gasteiger partial charge in [-0.25, -0.2) is 4.98 Å². The molecule has 1 aliphatic rings. The Bertz CT molecular complexity index is 1160.